The molecule has 1 aromatic rings. The first-order valence-electron chi connectivity index (χ1n) is 4.23. The molecule has 1 aromatic heterocycles. The molecule has 0 amide bonds. The molecule has 1 heterocycles. The van der Waals surface area contributed by atoms with Gasteiger partial charge in [0.15, 0.2) is 18.2 Å². The summed E-state index contributed by atoms with van der Waals surface area (Å²) in [5.41, 5.74) is 0.770. The lowest BCUT2D eigenvalue weighted by atomic mass is 10.2. The van der Waals surface area contributed by atoms with E-state index >= 15 is 0 Å². The summed E-state index contributed by atoms with van der Waals surface area (Å²) in [6.07, 6.45) is 3.76. The maximum Gasteiger partial charge on any atom is 0.177 e. The van der Waals surface area contributed by atoms with Crippen LogP contribution < -0.4 is 28.5 Å². The summed E-state index contributed by atoms with van der Waals surface area (Å²) in [6, 6.07) is 3.68. The monoisotopic (exact) mass is 306 g/mol. The van der Waals surface area contributed by atoms with Gasteiger partial charge in [-0.1, -0.05) is 0 Å². The third-order valence-corrected chi connectivity index (χ3v) is 1.76. The Bertz CT molecular complexity index is 295. The van der Waals surface area contributed by atoms with Crippen molar-refractivity contribution >= 4 is 5.78 Å². The molecule has 0 saturated heterocycles. The summed E-state index contributed by atoms with van der Waals surface area (Å²) in [4.78, 5) is 13.4. The number of likely N-dealkylation sites (N-methyl/N-ethyl adjacent to an activating group) is 1. The van der Waals surface area contributed by atoms with E-state index in [1.54, 1.807) is 0 Å². The van der Waals surface area contributed by atoms with Crippen molar-refractivity contribution in [3.8, 4) is 0 Å². The van der Waals surface area contributed by atoms with Crippen molar-refractivity contribution < 1.29 is 33.3 Å². The van der Waals surface area contributed by atoms with Crippen LogP contribution in [-0.4, -0.2) is 31.3 Å². The smallest absolute Gasteiger partial charge is 0.177 e. The summed E-state index contributed by atoms with van der Waals surface area (Å²) in [5.74, 6) is 0.158. The molecule has 0 radical (unpaired) electrons. The van der Waals surface area contributed by atoms with Gasteiger partial charge in [-0.3, -0.25) is 4.79 Å². The van der Waals surface area contributed by atoms with Crippen molar-refractivity contribution in [2.24, 2.45) is 7.05 Å². The van der Waals surface area contributed by atoms with E-state index in [4.69, 9.17) is 0 Å². The lowest BCUT2D eigenvalue weighted by Crippen LogP contribution is -3.00. The number of nitrogens with zero attached hydrogens (tertiary/aromatic N) is 2. The van der Waals surface area contributed by atoms with Gasteiger partial charge in [-0.15, -0.1) is 0 Å². The Hall–Kier alpha value is -0.490. The number of hydrogen-bond acceptors (Lipinski definition) is 2. The summed E-state index contributed by atoms with van der Waals surface area (Å²) in [6.45, 7) is 0.466. The van der Waals surface area contributed by atoms with Gasteiger partial charge in [0, 0.05) is 17.7 Å². The van der Waals surface area contributed by atoms with Crippen LogP contribution in [0.5, 0.6) is 0 Å². The van der Waals surface area contributed by atoms with Gasteiger partial charge >= 0.3 is 0 Å². The fourth-order valence-corrected chi connectivity index (χ4v) is 1.07. The molecule has 0 aromatic carbocycles. The second-order valence-corrected chi connectivity index (χ2v) is 3.41. The minimum atomic E-state index is 0. The Morgan fingerprint density at radius 1 is 1.36 bits per heavy atom. The van der Waals surface area contributed by atoms with Crippen LogP contribution in [0.1, 0.15) is 10.4 Å². The number of hydrogen-bond donors (Lipinski definition) is 0. The van der Waals surface area contributed by atoms with E-state index in [2.05, 4.69) is 0 Å². The van der Waals surface area contributed by atoms with Crippen LogP contribution in [0.25, 0.3) is 0 Å². The van der Waals surface area contributed by atoms with Crippen molar-refractivity contribution in [3.05, 3.63) is 30.1 Å². The number of rotatable bonds is 3. The molecule has 78 valence electrons. The van der Waals surface area contributed by atoms with Crippen LogP contribution in [0, 0.1) is 0 Å². The van der Waals surface area contributed by atoms with E-state index in [0.29, 0.717) is 6.54 Å². The average molecular weight is 306 g/mol. The minimum Gasteiger partial charge on any atom is -1.00 e. The highest BCUT2D eigenvalue weighted by Crippen LogP contribution is 1.97. The highest BCUT2D eigenvalue weighted by Gasteiger charge is 2.07. The molecule has 0 aliphatic heterocycles. The number of ketones is 1. The lowest BCUT2D eigenvalue weighted by Gasteiger charge is -2.07. The molecule has 0 atom stereocenters. The zero-order valence-corrected chi connectivity index (χ0v) is 10.9. The van der Waals surface area contributed by atoms with Crippen LogP contribution >= 0.6 is 0 Å². The number of carbonyl (C=O) groups excluding carboxylic acids is 1. The van der Waals surface area contributed by atoms with Crippen molar-refractivity contribution in [1.29, 1.82) is 0 Å². The zero-order chi connectivity index (χ0) is 9.84. The Morgan fingerprint density at radius 3 is 2.29 bits per heavy atom. The first-order chi connectivity index (χ1) is 6.09. The second kappa shape index (κ2) is 6.08. The number of halogens is 1. The molecule has 0 spiro atoms. The van der Waals surface area contributed by atoms with E-state index < -0.39 is 0 Å². The maximum atomic E-state index is 11.5. The van der Waals surface area contributed by atoms with Crippen molar-refractivity contribution in [3.63, 3.8) is 0 Å². The fourth-order valence-electron chi connectivity index (χ4n) is 1.07. The first kappa shape index (κ1) is 13.5. The summed E-state index contributed by atoms with van der Waals surface area (Å²) in [7, 11) is 5.71. The predicted octanol–water partition coefficient (Wildman–Crippen LogP) is -2.74. The predicted molar refractivity (Wildman–Crippen MR) is 50.5 cm³/mol. The molecular formula is C10H15IN2O. The van der Waals surface area contributed by atoms with E-state index in [9.17, 15) is 4.79 Å². The normalized spacial score (nSPS) is 9.71. The molecule has 0 bridgehead atoms. The molecule has 0 N–H and O–H groups in total. The molecule has 0 aliphatic carbocycles. The van der Waals surface area contributed by atoms with Gasteiger partial charge in [0.1, 0.15) is 7.05 Å². The van der Waals surface area contributed by atoms with Gasteiger partial charge in [0.25, 0.3) is 0 Å². The summed E-state index contributed by atoms with van der Waals surface area (Å²) in [5, 5.41) is 0. The van der Waals surface area contributed by atoms with Gasteiger partial charge in [-0.05, 0) is 14.1 Å². The van der Waals surface area contributed by atoms with Gasteiger partial charge < -0.3 is 28.9 Å². The van der Waals surface area contributed by atoms with Crippen LogP contribution in [0.2, 0.25) is 0 Å². The Kier molecular flexibility index (Phi) is 5.87. The topological polar surface area (TPSA) is 24.2 Å². The highest BCUT2D eigenvalue weighted by molar-refractivity contribution is 5.97. The molecule has 3 nitrogen and oxygen atoms in total. The van der Waals surface area contributed by atoms with Crippen molar-refractivity contribution in [2.45, 2.75) is 0 Å². The average Bonchev–Trinajstić information content (AvgIpc) is 2.04. The van der Waals surface area contributed by atoms with Crippen LogP contribution in [-0.2, 0) is 7.05 Å². The van der Waals surface area contributed by atoms with Crippen LogP contribution in [0.4, 0.5) is 0 Å². The molecule has 0 unspecified atom stereocenters. The van der Waals surface area contributed by atoms with E-state index in [-0.39, 0.29) is 29.8 Å². The number of aryl methyl sites for hydroxylation is 1. The maximum absolute atomic E-state index is 11.5. The van der Waals surface area contributed by atoms with Gasteiger partial charge in [-0.25, -0.2) is 4.57 Å². The largest absolute Gasteiger partial charge is 1.00 e. The Balaban J connectivity index is 0.00000169. The molecule has 1 rings (SSSR count). The van der Waals surface area contributed by atoms with Gasteiger partial charge in [0.2, 0.25) is 0 Å². The molecule has 0 saturated carbocycles. The van der Waals surface area contributed by atoms with Crippen molar-refractivity contribution in [1.82, 2.24) is 4.90 Å². The summed E-state index contributed by atoms with van der Waals surface area (Å²) >= 11 is 0. The molecule has 4 heteroatoms. The fraction of sp³-hybridized carbons (Fsp3) is 0.400. The Labute approximate surface area is 102 Å². The Morgan fingerprint density at radius 2 is 1.86 bits per heavy atom. The molecule has 0 aliphatic rings. The van der Waals surface area contributed by atoms with E-state index in [0.717, 1.165) is 5.56 Å². The van der Waals surface area contributed by atoms with Crippen LogP contribution in [0.15, 0.2) is 24.5 Å². The molecular weight excluding hydrogens is 291 g/mol. The first-order valence-corrected chi connectivity index (χ1v) is 4.23. The van der Waals surface area contributed by atoms with E-state index in [1.165, 1.54) is 0 Å². The number of aromatic nitrogens is 1. The van der Waals surface area contributed by atoms with E-state index in [1.807, 2.05) is 55.1 Å². The summed E-state index contributed by atoms with van der Waals surface area (Å²) < 4.78 is 1.91. The third-order valence-electron chi connectivity index (χ3n) is 1.76. The lowest BCUT2D eigenvalue weighted by molar-refractivity contribution is -0.671. The van der Waals surface area contributed by atoms with Crippen LogP contribution in [0.3, 0.4) is 0 Å². The second-order valence-electron chi connectivity index (χ2n) is 3.41. The van der Waals surface area contributed by atoms with Crippen molar-refractivity contribution in [2.75, 3.05) is 20.6 Å². The quantitative estimate of drug-likeness (QED) is 0.344. The zero-order valence-electron chi connectivity index (χ0n) is 8.70. The van der Waals surface area contributed by atoms with Gasteiger partial charge in [-0.2, -0.15) is 0 Å². The number of carbonyl (C=O) groups is 1. The van der Waals surface area contributed by atoms with Gasteiger partial charge in [0.05, 0.1) is 6.54 Å². The number of Topliss-reactive ketones (excluding diaryl/α,β-unsaturated/α-hetero) is 1. The molecule has 0 fully saturated rings. The minimum absolute atomic E-state index is 0. The number of pyridine rings is 1. The standard InChI is InChI=1S/C10H15N2O.HI/c1-11(2)8-10(13)9-4-6-12(3)7-5-9;/h4-7H,8H2,1-3H3;1H/q+1;/p-1. The highest BCUT2D eigenvalue weighted by atomic mass is 127. The SMILES string of the molecule is CN(C)CC(=O)c1cc[n+](C)cc1.[I-]. The third kappa shape index (κ3) is 4.15. The molecule has 14 heavy (non-hydrogen) atoms.